The number of amides is 1. The summed E-state index contributed by atoms with van der Waals surface area (Å²) in [5.74, 6) is -0.871. The molecule has 5 nitrogen and oxygen atoms in total. The molecule has 1 fully saturated rings. The first-order chi connectivity index (χ1) is 10.2. The van der Waals surface area contributed by atoms with E-state index in [0.29, 0.717) is 18.7 Å². The van der Waals surface area contributed by atoms with Crippen LogP contribution in [-0.2, 0) is 11.0 Å². The van der Waals surface area contributed by atoms with Crippen molar-refractivity contribution in [1.29, 1.82) is 5.26 Å². The number of hydrogen-bond donors (Lipinski definition) is 2. The van der Waals surface area contributed by atoms with E-state index in [1.54, 1.807) is 4.90 Å². The average molecular weight is 313 g/mol. The molecule has 0 aliphatic carbocycles. The average Bonchev–Trinajstić information content (AvgIpc) is 2.45. The Labute approximate surface area is 124 Å². The van der Waals surface area contributed by atoms with Crippen LogP contribution >= 0.6 is 0 Å². The van der Waals surface area contributed by atoms with Gasteiger partial charge in [0.1, 0.15) is 0 Å². The Hall–Kier alpha value is -2.27. The van der Waals surface area contributed by atoms with Crippen molar-refractivity contribution in [3.8, 4) is 6.07 Å². The molecular weight excluding hydrogens is 299 g/mol. The fourth-order valence-electron chi connectivity index (χ4n) is 2.53. The summed E-state index contributed by atoms with van der Waals surface area (Å²) in [6.07, 6.45) is -3.95. The lowest BCUT2D eigenvalue weighted by molar-refractivity contribution is -0.138. The number of carbonyl (C=O) groups excluding carboxylic acids is 1. The van der Waals surface area contributed by atoms with Crippen LogP contribution in [0.5, 0.6) is 0 Å². The van der Waals surface area contributed by atoms with Crippen molar-refractivity contribution in [2.75, 3.05) is 18.0 Å². The molecule has 1 atom stereocenters. The van der Waals surface area contributed by atoms with E-state index in [9.17, 15) is 23.1 Å². The quantitative estimate of drug-likeness (QED) is 0.863. The Morgan fingerprint density at radius 1 is 1.45 bits per heavy atom. The molecule has 1 aromatic rings. The predicted molar refractivity (Wildman–Crippen MR) is 71.8 cm³/mol. The van der Waals surface area contributed by atoms with Crippen LogP contribution in [0.15, 0.2) is 18.2 Å². The number of benzene rings is 1. The zero-order valence-electron chi connectivity index (χ0n) is 11.5. The Kier molecular flexibility index (Phi) is 4.02. The van der Waals surface area contributed by atoms with E-state index >= 15 is 0 Å². The maximum absolute atomic E-state index is 12.8. The summed E-state index contributed by atoms with van der Waals surface area (Å²) in [5.41, 5.74) is 2.27. The third-order valence-electron chi connectivity index (χ3n) is 3.72. The Bertz CT molecular complexity index is 639. The molecule has 1 aliphatic rings. The summed E-state index contributed by atoms with van der Waals surface area (Å²) in [6.45, 7) is 0.338. The number of nitrogens with zero attached hydrogens (tertiary/aromatic N) is 2. The van der Waals surface area contributed by atoms with Crippen molar-refractivity contribution in [2.45, 2.75) is 24.6 Å². The number of primary amides is 1. The molecule has 1 aliphatic heterocycles. The van der Waals surface area contributed by atoms with Gasteiger partial charge in [-0.2, -0.15) is 18.4 Å². The summed E-state index contributed by atoms with van der Waals surface area (Å²) in [7, 11) is 0. The Morgan fingerprint density at radius 3 is 2.68 bits per heavy atom. The molecule has 8 heteroatoms. The summed E-state index contributed by atoms with van der Waals surface area (Å²) in [6, 6.07) is 4.67. The van der Waals surface area contributed by atoms with Crippen molar-refractivity contribution in [3.63, 3.8) is 0 Å². The molecule has 2 rings (SSSR count). The maximum Gasteiger partial charge on any atom is 0.417 e. The van der Waals surface area contributed by atoms with Gasteiger partial charge in [-0.1, -0.05) is 0 Å². The van der Waals surface area contributed by atoms with Crippen LogP contribution < -0.4 is 10.6 Å². The van der Waals surface area contributed by atoms with Crippen molar-refractivity contribution in [3.05, 3.63) is 29.3 Å². The number of aliphatic hydroxyl groups is 1. The first kappa shape index (κ1) is 16.1. The second-order valence-corrected chi connectivity index (χ2v) is 5.26. The Balaban J connectivity index is 2.34. The highest BCUT2D eigenvalue weighted by Gasteiger charge is 2.39. The molecule has 0 radical (unpaired) electrons. The maximum atomic E-state index is 12.8. The van der Waals surface area contributed by atoms with Gasteiger partial charge in [-0.15, -0.1) is 0 Å². The van der Waals surface area contributed by atoms with Crippen LogP contribution in [-0.4, -0.2) is 29.7 Å². The van der Waals surface area contributed by atoms with Gasteiger partial charge in [0.15, 0.2) is 5.60 Å². The van der Waals surface area contributed by atoms with Crippen molar-refractivity contribution < 1.29 is 23.1 Å². The van der Waals surface area contributed by atoms with E-state index in [-0.39, 0.29) is 13.0 Å². The molecule has 1 aromatic carbocycles. The highest BCUT2D eigenvalue weighted by atomic mass is 19.4. The molecule has 0 aromatic heterocycles. The molecule has 0 saturated carbocycles. The predicted octanol–water partition coefficient (Wildman–Crippen LogP) is 1.39. The van der Waals surface area contributed by atoms with Crippen molar-refractivity contribution >= 4 is 11.6 Å². The van der Waals surface area contributed by atoms with Gasteiger partial charge in [0.05, 0.1) is 23.7 Å². The molecule has 118 valence electrons. The first-order valence-corrected chi connectivity index (χ1v) is 6.56. The molecular formula is C14H14F3N3O2. The highest BCUT2D eigenvalue weighted by Crippen LogP contribution is 2.34. The number of carbonyl (C=O) groups is 1. The number of nitriles is 1. The number of β-amino-alcohol motifs (C(OH)–C–C–N with tert-alkyl or cyclic N) is 1. The van der Waals surface area contributed by atoms with E-state index in [0.717, 1.165) is 12.1 Å². The Morgan fingerprint density at radius 2 is 2.14 bits per heavy atom. The van der Waals surface area contributed by atoms with Crippen LogP contribution in [0.3, 0.4) is 0 Å². The smallest absolute Gasteiger partial charge is 0.378 e. The van der Waals surface area contributed by atoms with Gasteiger partial charge >= 0.3 is 6.18 Å². The number of halogens is 3. The van der Waals surface area contributed by atoms with Gasteiger partial charge in [-0.25, -0.2) is 0 Å². The highest BCUT2D eigenvalue weighted by molar-refractivity contribution is 5.84. The number of alkyl halides is 3. The van der Waals surface area contributed by atoms with Crippen LogP contribution in [0.1, 0.15) is 24.0 Å². The van der Waals surface area contributed by atoms with Gasteiger partial charge in [0, 0.05) is 12.2 Å². The molecule has 1 amide bonds. The normalized spacial score (nSPS) is 22.2. The molecule has 1 heterocycles. The minimum Gasteiger partial charge on any atom is -0.378 e. The zero-order valence-corrected chi connectivity index (χ0v) is 11.5. The zero-order chi connectivity index (χ0) is 16.5. The van der Waals surface area contributed by atoms with E-state index in [1.165, 1.54) is 12.1 Å². The SMILES string of the molecule is N#Cc1cc(N2CCC[C@@](O)(C(N)=O)C2)ccc1C(F)(F)F. The van der Waals surface area contributed by atoms with Gasteiger partial charge in [0.2, 0.25) is 0 Å². The topological polar surface area (TPSA) is 90.3 Å². The van der Waals surface area contributed by atoms with Crippen LogP contribution in [0.2, 0.25) is 0 Å². The second-order valence-electron chi connectivity index (χ2n) is 5.26. The number of hydrogen-bond acceptors (Lipinski definition) is 4. The third kappa shape index (κ3) is 2.99. The number of nitrogens with two attached hydrogens (primary N) is 1. The molecule has 22 heavy (non-hydrogen) atoms. The lowest BCUT2D eigenvalue weighted by atomic mass is 9.91. The van der Waals surface area contributed by atoms with Gasteiger partial charge < -0.3 is 15.7 Å². The number of piperidine rings is 1. The van der Waals surface area contributed by atoms with Crippen molar-refractivity contribution in [1.82, 2.24) is 0 Å². The molecule has 1 saturated heterocycles. The molecule has 0 bridgehead atoms. The van der Waals surface area contributed by atoms with E-state index in [1.807, 2.05) is 0 Å². The van der Waals surface area contributed by atoms with E-state index in [2.05, 4.69) is 0 Å². The van der Waals surface area contributed by atoms with Crippen LogP contribution in [0.4, 0.5) is 18.9 Å². The van der Waals surface area contributed by atoms with Crippen LogP contribution in [0.25, 0.3) is 0 Å². The van der Waals surface area contributed by atoms with Gasteiger partial charge in [-0.05, 0) is 31.0 Å². The summed E-state index contributed by atoms with van der Waals surface area (Å²) < 4.78 is 38.3. The fourth-order valence-corrected chi connectivity index (χ4v) is 2.53. The monoisotopic (exact) mass is 313 g/mol. The fraction of sp³-hybridized carbons (Fsp3) is 0.429. The van der Waals surface area contributed by atoms with Crippen LogP contribution in [0, 0.1) is 11.3 Å². The second kappa shape index (κ2) is 5.50. The van der Waals surface area contributed by atoms with E-state index < -0.39 is 28.8 Å². The lowest BCUT2D eigenvalue weighted by Crippen LogP contribution is -2.56. The van der Waals surface area contributed by atoms with Gasteiger partial charge in [0.25, 0.3) is 5.91 Å². The van der Waals surface area contributed by atoms with Gasteiger partial charge in [-0.3, -0.25) is 4.79 Å². The summed E-state index contributed by atoms with van der Waals surface area (Å²) in [5, 5.41) is 19.0. The first-order valence-electron chi connectivity index (χ1n) is 6.56. The van der Waals surface area contributed by atoms with Crippen molar-refractivity contribution in [2.24, 2.45) is 5.73 Å². The summed E-state index contributed by atoms with van der Waals surface area (Å²) >= 11 is 0. The largest absolute Gasteiger partial charge is 0.417 e. The minimum atomic E-state index is -4.61. The lowest BCUT2D eigenvalue weighted by Gasteiger charge is -2.38. The number of rotatable bonds is 2. The standard InChI is InChI=1S/C14H14F3N3O2/c15-14(16,17)11-3-2-10(6-9(11)7-18)20-5-1-4-13(22,8-20)12(19)21/h2-3,6,22H,1,4-5,8H2,(H2,19,21)/t13-/m0/s1. The third-order valence-corrected chi connectivity index (χ3v) is 3.72. The summed E-state index contributed by atoms with van der Waals surface area (Å²) in [4.78, 5) is 12.9. The number of anilines is 1. The minimum absolute atomic E-state index is 0.113. The molecule has 0 unspecified atom stereocenters. The molecule has 0 spiro atoms. The molecule has 3 N–H and O–H groups in total. The van der Waals surface area contributed by atoms with E-state index in [4.69, 9.17) is 11.0 Å².